The molecule has 0 atom stereocenters. The van der Waals surface area contributed by atoms with Crippen LogP contribution in [0.15, 0.2) is 46.9 Å². The van der Waals surface area contributed by atoms with Gasteiger partial charge in [-0.25, -0.2) is 0 Å². The molecule has 3 rings (SSSR count). The number of nitro groups is 1. The standard InChI is InChI=1S/C17H13BrN2O5/c18-13-2-1-3-14(8-13)19-16(21)5-4-11-6-15(20(22)23)7-12-9-24-10-25-17(11)12/h1-8H,9-10H2,(H,19,21)/b5-4+. The highest BCUT2D eigenvalue weighted by Gasteiger charge is 2.19. The normalized spacial score (nSPS) is 13.2. The second-order valence-corrected chi connectivity index (χ2v) is 6.14. The number of nitrogens with one attached hydrogen (secondary N) is 1. The predicted molar refractivity (Wildman–Crippen MR) is 95.2 cm³/mol. The third kappa shape index (κ3) is 4.23. The van der Waals surface area contributed by atoms with Gasteiger partial charge in [0, 0.05) is 39.5 Å². The lowest BCUT2D eigenvalue weighted by Gasteiger charge is -2.19. The molecule has 1 amide bonds. The molecular formula is C17H13BrN2O5. The van der Waals surface area contributed by atoms with Gasteiger partial charge in [-0.15, -0.1) is 0 Å². The lowest BCUT2D eigenvalue weighted by atomic mass is 10.1. The Hall–Kier alpha value is -2.71. The number of non-ortho nitro benzene ring substituents is 1. The van der Waals surface area contributed by atoms with Crippen molar-refractivity contribution in [3.63, 3.8) is 0 Å². The van der Waals surface area contributed by atoms with E-state index in [-0.39, 0.29) is 25.0 Å². The van der Waals surface area contributed by atoms with Crippen LogP contribution in [-0.4, -0.2) is 17.6 Å². The van der Waals surface area contributed by atoms with Gasteiger partial charge in [0.15, 0.2) is 6.79 Å². The van der Waals surface area contributed by atoms with Gasteiger partial charge < -0.3 is 14.8 Å². The Balaban J connectivity index is 1.83. The van der Waals surface area contributed by atoms with Crippen LogP contribution in [0.1, 0.15) is 11.1 Å². The Kier molecular flexibility index (Phi) is 5.11. The third-order valence-electron chi connectivity index (χ3n) is 3.44. The first-order valence-electron chi connectivity index (χ1n) is 7.29. The third-order valence-corrected chi connectivity index (χ3v) is 3.93. The van der Waals surface area contributed by atoms with E-state index in [0.717, 1.165) is 4.47 Å². The summed E-state index contributed by atoms with van der Waals surface area (Å²) < 4.78 is 11.4. The SMILES string of the molecule is O=C(/C=C/c1cc([N+](=O)[O-])cc2c1OCOC2)Nc1cccc(Br)c1. The first-order valence-corrected chi connectivity index (χ1v) is 8.09. The molecule has 0 unspecified atom stereocenters. The first-order chi connectivity index (χ1) is 12.0. The lowest BCUT2D eigenvalue weighted by Crippen LogP contribution is -2.13. The van der Waals surface area contributed by atoms with Crippen molar-refractivity contribution in [1.29, 1.82) is 0 Å². The van der Waals surface area contributed by atoms with Crippen molar-refractivity contribution in [3.05, 3.63) is 68.2 Å². The van der Waals surface area contributed by atoms with Crippen LogP contribution in [0, 0.1) is 10.1 Å². The fourth-order valence-electron chi connectivity index (χ4n) is 2.38. The number of halogens is 1. The van der Waals surface area contributed by atoms with Crippen molar-refractivity contribution in [1.82, 2.24) is 0 Å². The zero-order valence-electron chi connectivity index (χ0n) is 12.9. The number of nitro benzene ring substituents is 1. The van der Waals surface area contributed by atoms with Gasteiger partial charge in [0.1, 0.15) is 5.75 Å². The van der Waals surface area contributed by atoms with Gasteiger partial charge >= 0.3 is 0 Å². The molecule has 25 heavy (non-hydrogen) atoms. The molecule has 0 saturated carbocycles. The van der Waals surface area contributed by atoms with Crippen molar-refractivity contribution >= 4 is 39.3 Å². The number of anilines is 1. The fourth-order valence-corrected chi connectivity index (χ4v) is 2.78. The topological polar surface area (TPSA) is 90.7 Å². The van der Waals surface area contributed by atoms with E-state index >= 15 is 0 Å². The van der Waals surface area contributed by atoms with Gasteiger partial charge in [0.25, 0.3) is 5.69 Å². The molecule has 0 spiro atoms. The van der Waals surface area contributed by atoms with E-state index in [4.69, 9.17) is 9.47 Å². The molecule has 1 aliphatic rings. The summed E-state index contributed by atoms with van der Waals surface area (Å²) in [7, 11) is 0. The second kappa shape index (κ2) is 7.45. The predicted octanol–water partition coefficient (Wildman–Crippen LogP) is 3.88. The summed E-state index contributed by atoms with van der Waals surface area (Å²) in [5.41, 5.74) is 1.58. The zero-order chi connectivity index (χ0) is 17.8. The van der Waals surface area contributed by atoms with E-state index in [1.807, 2.05) is 6.07 Å². The Morgan fingerprint density at radius 3 is 2.92 bits per heavy atom. The van der Waals surface area contributed by atoms with Crippen molar-refractivity contribution < 1.29 is 19.2 Å². The Bertz CT molecular complexity index is 866. The number of hydrogen-bond acceptors (Lipinski definition) is 5. The van der Waals surface area contributed by atoms with Gasteiger partial charge in [-0.3, -0.25) is 14.9 Å². The summed E-state index contributed by atoms with van der Waals surface area (Å²) in [6.45, 7) is 0.290. The molecule has 0 aromatic heterocycles. The van der Waals surface area contributed by atoms with Crippen LogP contribution in [0.5, 0.6) is 5.75 Å². The van der Waals surface area contributed by atoms with Gasteiger partial charge in [0.2, 0.25) is 5.91 Å². The van der Waals surface area contributed by atoms with Gasteiger partial charge in [-0.1, -0.05) is 22.0 Å². The largest absolute Gasteiger partial charge is 0.467 e. The number of rotatable bonds is 4. The van der Waals surface area contributed by atoms with Crippen molar-refractivity contribution in [2.45, 2.75) is 6.61 Å². The smallest absolute Gasteiger partial charge is 0.270 e. The Morgan fingerprint density at radius 1 is 1.32 bits per heavy atom. The summed E-state index contributed by atoms with van der Waals surface area (Å²) >= 11 is 3.33. The summed E-state index contributed by atoms with van der Waals surface area (Å²) in [5.74, 6) is 0.133. The van der Waals surface area contributed by atoms with Crippen molar-refractivity contribution in [2.75, 3.05) is 12.1 Å². The molecule has 128 valence electrons. The maximum absolute atomic E-state index is 12.1. The summed E-state index contributed by atoms with van der Waals surface area (Å²) in [4.78, 5) is 22.6. The van der Waals surface area contributed by atoms with E-state index in [0.29, 0.717) is 22.6 Å². The number of carbonyl (C=O) groups is 1. The van der Waals surface area contributed by atoms with Crippen molar-refractivity contribution in [3.8, 4) is 5.75 Å². The van der Waals surface area contributed by atoms with Crippen LogP contribution in [0.4, 0.5) is 11.4 Å². The fraction of sp³-hybridized carbons (Fsp3) is 0.118. The molecule has 8 heteroatoms. The highest BCUT2D eigenvalue weighted by molar-refractivity contribution is 9.10. The second-order valence-electron chi connectivity index (χ2n) is 5.22. The molecule has 0 fully saturated rings. The maximum atomic E-state index is 12.1. The number of amides is 1. The molecule has 7 nitrogen and oxygen atoms in total. The van der Waals surface area contributed by atoms with E-state index < -0.39 is 4.92 Å². The summed E-state index contributed by atoms with van der Waals surface area (Å²) in [6, 6.07) is 9.95. The van der Waals surface area contributed by atoms with Crippen LogP contribution in [0.2, 0.25) is 0 Å². The maximum Gasteiger partial charge on any atom is 0.270 e. The number of benzene rings is 2. The minimum absolute atomic E-state index is 0.0654. The average Bonchev–Trinajstić information content (AvgIpc) is 2.59. The molecule has 1 aliphatic heterocycles. The van der Waals surface area contributed by atoms with E-state index in [9.17, 15) is 14.9 Å². The molecule has 1 N–H and O–H groups in total. The van der Waals surface area contributed by atoms with E-state index in [1.165, 1.54) is 24.3 Å². The quantitative estimate of drug-likeness (QED) is 0.474. The lowest BCUT2D eigenvalue weighted by molar-refractivity contribution is -0.385. The zero-order valence-corrected chi connectivity index (χ0v) is 14.5. The van der Waals surface area contributed by atoms with Gasteiger partial charge in [0.05, 0.1) is 11.5 Å². The highest BCUT2D eigenvalue weighted by atomic mass is 79.9. The van der Waals surface area contributed by atoms with Crippen LogP contribution in [0.3, 0.4) is 0 Å². The summed E-state index contributed by atoms with van der Waals surface area (Å²) in [6.07, 6.45) is 2.80. The minimum Gasteiger partial charge on any atom is -0.467 e. The molecule has 0 bridgehead atoms. The van der Waals surface area contributed by atoms with E-state index in [1.54, 1.807) is 18.2 Å². The number of fused-ring (bicyclic) bond motifs is 1. The van der Waals surface area contributed by atoms with Crippen LogP contribution >= 0.6 is 15.9 Å². The molecule has 0 radical (unpaired) electrons. The molecule has 1 heterocycles. The van der Waals surface area contributed by atoms with Crippen molar-refractivity contribution in [2.24, 2.45) is 0 Å². The Morgan fingerprint density at radius 2 is 2.16 bits per heavy atom. The number of nitrogens with zero attached hydrogens (tertiary/aromatic N) is 1. The monoisotopic (exact) mass is 404 g/mol. The minimum atomic E-state index is -0.492. The van der Waals surface area contributed by atoms with E-state index in [2.05, 4.69) is 21.2 Å². The Labute approximate surface area is 151 Å². The number of hydrogen-bond donors (Lipinski definition) is 1. The highest BCUT2D eigenvalue weighted by Crippen LogP contribution is 2.33. The molecule has 0 saturated heterocycles. The van der Waals surface area contributed by atoms with Crippen LogP contribution in [-0.2, 0) is 16.1 Å². The molecule has 2 aromatic carbocycles. The summed E-state index contributed by atoms with van der Waals surface area (Å²) in [5, 5.41) is 13.8. The number of carbonyl (C=O) groups excluding carboxylic acids is 1. The van der Waals surface area contributed by atoms with Gasteiger partial charge in [-0.2, -0.15) is 0 Å². The molecular weight excluding hydrogens is 392 g/mol. The molecule has 2 aromatic rings. The first kappa shape index (κ1) is 17.1. The van der Waals surface area contributed by atoms with Gasteiger partial charge in [-0.05, 0) is 24.3 Å². The number of ether oxygens (including phenoxy) is 2. The molecule has 0 aliphatic carbocycles. The van der Waals surface area contributed by atoms with Crippen LogP contribution in [0.25, 0.3) is 6.08 Å². The average molecular weight is 405 g/mol. The van der Waals surface area contributed by atoms with Crippen LogP contribution < -0.4 is 10.1 Å².